The van der Waals surface area contributed by atoms with Gasteiger partial charge in [0.05, 0.1) is 13.0 Å². The molecule has 0 aromatic heterocycles. The van der Waals surface area contributed by atoms with E-state index < -0.39 is 12.1 Å². The Morgan fingerprint density at radius 1 is 0.972 bits per heavy atom. The number of nitrogens with one attached hydrogen (secondary N) is 1. The fourth-order valence-corrected chi connectivity index (χ4v) is 3.87. The minimum Gasteiger partial charge on any atom is -0.493 e. The van der Waals surface area contributed by atoms with Crippen molar-refractivity contribution in [3.8, 4) is 11.5 Å². The maximum Gasteiger partial charge on any atom is 0.415 e. The van der Waals surface area contributed by atoms with Gasteiger partial charge in [-0.05, 0) is 72.6 Å². The Labute approximate surface area is 212 Å². The van der Waals surface area contributed by atoms with Crippen LogP contribution in [0.1, 0.15) is 56.0 Å². The van der Waals surface area contributed by atoms with Crippen LogP contribution in [0.25, 0.3) is 0 Å². The van der Waals surface area contributed by atoms with Gasteiger partial charge in [-0.2, -0.15) is 0 Å². The number of likely N-dealkylation sites (tertiary alicyclic amines) is 1. The van der Waals surface area contributed by atoms with Gasteiger partial charge in [0.2, 0.25) is 0 Å². The lowest BCUT2D eigenvalue weighted by atomic mass is 9.92. The maximum absolute atomic E-state index is 12.6. The molecule has 2 aromatic rings. The zero-order chi connectivity index (χ0) is 26.1. The van der Waals surface area contributed by atoms with Gasteiger partial charge in [0.15, 0.2) is 0 Å². The Bertz CT molecular complexity index is 1020. The molecular weight excluding hydrogens is 460 g/mol. The number of carboxylic acid groups (broad SMARTS) is 1. The zero-order valence-corrected chi connectivity index (χ0v) is 21.3. The predicted molar refractivity (Wildman–Crippen MR) is 136 cm³/mol. The fourth-order valence-electron chi connectivity index (χ4n) is 3.87. The SMILES string of the molecule is CC(C)(C)CCNC(=O)c1ccc(OC(=O)N2CCC(COc3ccc(CC(=O)O)cc3)CC2)cc1. The largest absolute Gasteiger partial charge is 0.493 e. The molecule has 0 spiro atoms. The molecule has 194 valence electrons. The van der Waals surface area contributed by atoms with Crippen molar-refractivity contribution < 1.29 is 29.0 Å². The summed E-state index contributed by atoms with van der Waals surface area (Å²) in [5.74, 6) is 0.433. The number of carbonyl (C=O) groups is 3. The van der Waals surface area contributed by atoms with Gasteiger partial charge >= 0.3 is 12.1 Å². The highest BCUT2D eigenvalue weighted by Crippen LogP contribution is 2.22. The summed E-state index contributed by atoms with van der Waals surface area (Å²) in [5, 5.41) is 11.8. The number of rotatable bonds is 9. The number of ether oxygens (including phenoxy) is 2. The number of aliphatic carboxylic acids is 1. The molecule has 2 aromatic carbocycles. The van der Waals surface area contributed by atoms with Crippen LogP contribution >= 0.6 is 0 Å². The molecule has 3 rings (SSSR count). The molecule has 1 aliphatic heterocycles. The molecule has 8 heteroatoms. The second-order valence-corrected chi connectivity index (χ2v) is 10.4. The molecule has 36 heavy (non-hydrogen) atoms. The van der Waals surface area contributed by atoms with Crippen molar-refractivity contribution >= 4 is 18.0 Å². The van der Waals surface area contributed by atoms with E-state index in [4.69, 9.17) is 14.6 Å². The highest BCUT2D eigenvalue weighted by Gasteiger charge is 2.24. The van der Waals surface area contributed by atoms with E-state index in [-0.39, 0.29) is 17.7 Å². The van der Waals surface area contributed by atoms with Gasteiger partial charge in [0.25, 0.3) is 5.91 Å². The number of hydrogen-bond acceptors (Lipinski definition) is 5. The lowest BCUT2D eigenvalue weighted by molar-refractivity contribution is -0.136. The number of benzene rings is 2. The first-order chi connectivity index (χ1) is 17.1. The molecule has 0 unspecified atom stereocenters. The smallest absolute Gasteiger partial charge is 0.415 e. The van der Waals surface area contributed by atoms with Gasteiger partial charge in [-0.3, -0.25) is 9.59 Å². The minimum atomic E-state index is -0.861. The van der Waals surface area contributed by atoms with E-state index >= 15 is 0 Å². The molecule has 1 heterocycles. The average molecular weight is 497 g/mol. The zero-order valence-electron chi connectivity index (χ0n) is 21.3. The topological polar surface area (TPSA) is 105 Å². The van der Waals surface area contributed by atoms with E-state index in [1.807, 2.05) is 0 Å². The molecular formula is C28H36N2O6. The van der Waals surface area contributed by atoms with E-state index in [9.17, 15) is 14.4 Å². The maximum atomic E-state index is 12.6. The molecule has 2 N–H and O–H groups in total. The highest BCUT2D eigenvalue weighted by molar-refractivity contribution is 5.94. The molecule has 0 aliphatic carbocycles. The van der Waals surface area contributed by atoms with Crippen molar-refractivity contribution in [1.29, 1.82) is 0 Å². The standard InChI is InChI=1S/C28H36N2O6/c1-28(2,3)14-15-29-26(33)22-6-10-24(11-7-22)36-27(34)30-16-12-21(13-17-30)19-35-23-8-4-20(5-9-23)18-25(31)32/h4-11,21H,12-19H2,1-3H3,(H,29,33)(H,31,32). The van der Waals surface area contributed by atoms with Crippen molar-refractivity contribution in [2.75, 3.05) is 26.2 Å². The van der Waals surface area contributed by atoms with Crippen LogP contribution in [0, 0.1) is 11.3 Å². The van der Waals surface area contributed by atoms with E-state index in [2.05, 4.69) is 26.1 Å². The van der Waals surface area contributed by atoms with Gasteiger partial charge in [-0.25, -0.2) is 4.79 Å². The molecule has 1 aliphatic rings. The summed E-state index contributed by atoms with van der Waals surface area (Å²) in [6.07, 6.45) is 2.09. The van der Waals surface area contributed by atoms with Crippen LogP contribution in [-0.2, 0) is 11.2 Å². The number of nitrogens with zero attached hydrogens (tertiary/aromatic N) is 1. The van der Waals surface area contributed by atoms with Gasteiger partial charge < -0.3 is 24.8 Å². The monoisotopic (exact) mass is 496 g/mol. The van der Waals surface area contributed by atoms with Crippen LogP contribution in [0.5, 0.6) is 11.5 Å². The normalized spacial score (nSPS) is 14.2. The lowest BCUT2D eigenvalue weighted by Crippen LogP contribution is -2.41. The summed E-state index contributed by atoms with van der Waals surface area (Å²) >= 11 is 0. The van der Waals surface area contributed by atoms with Crippen LogP contribution in [0.15, 0.2) is 48.5 Å². The van der Waals surface area contributed by atoms with Crippen LogP contribution in [-0.4, -0.2) is 54.2 Å². The third-order valence-corrected chi connectivity index (χ3v) is 6.12. The van der Waals surface area contributed by atoms with Crippen LogP contribution in [0.3, 0.4) is 0 Å². The molecule has 8 nitrogen and oxygen atoms in total. The van der Waals surface area contributed by atoms with Crippen molar-refractivity contribution in [3.63, 3.8) is 0 Å². The van der Waals surface area contributed by atoms with E-state index in [0.717, 1.165) is 24.8 Å². The fraction of sp³-hybridized carbons (Fsp3) is 0.464. The Morgan fingerprint density at radius 3 is 2.17 bits per heavy atom. The van der Waals surface area contributed by atoms with E-state index in [1.165, 1.54) is 0 Å². The van der Waals surface area contributed by atoms with Crippen molar-refractivity contribution in [1.82, 2.24) is 10.2 Å². The summed E-state index contributed by atoms with van der Waals surface area (Å²) in [5.41, 5.74) is 1.42. The molecule has 0 radical (unpaired) electrons. The molecule has 1 saturated heterocycles. The molecule has 2 amide bonds. The number of carboxylic acids is 1. The predicted octanol–water partition coefficient (Wildman–Crippen LogP) is 4.77. The van der Waals surface area contributed by atoms with Crippen LogP contribution in [0.2, 0.25) is 0 Å². The van der Waals surface area contributed by atoms with Gasteiger partial charge in [-0.1, -0.05) is 32.9 Å². The highest BCUT2D eigenvalue weighted by atomic mass is 16.6. The first kappa shape index (κ1) is 27.0. The Hall–Kier alpha value is -3.55. The number of carbonyl (C=O) groups excluding carboxylic acids is 2. The summed E-state index contributed by atoms with van der Waals surface area (Å²) in [6.45, 7) is 8.71. The van der Waals surface area contributed by atoms with Gasteiger partial charge in [-0.15, -0.1) is 0 Å². The quantitative estimate of drug-likeness (QED) is 0.518. The first-order valence-corrected chi connectivity index (χ1v) is 12.4. The molecule has 0 atom stereocenters. The Balaban J connectivity index is 1.38. The third kappa shape index (κ3) is 8.91. The second kappa shape index (κ2) is 12.4. The van der Waals surface area contributed by atoms with E-state index in [1.54, 1.807) is 53.4 Å². The lowest BCUT2D eigenvalue weighted by Gasteiger charge is -2.31. The van der Waals surface area contributed by atoms with Crippen molar-refractivity contribution in [2.24, 2.45) is 11.3 Å². The van der Waals surface area contributed by atoms with Crippen LogP contribution in [0.4, 0.5) is 4.79 Å². The number of amides is 2. The summed E-state index contributed by atoms with van der Waals surface area (Å²) in [6, 6.07) is 13.7. The Morgan fingerprint density at radius 2 is 1.58 bits per heavy atom. The number of hydrogen-bond donors (Lipinski definition) is 2. The molecule has 0 saturated carbocycles. The second-order valence-electron chi connectivity index (χ2n) is 10.4. The Kier molecular flexibility index (Phi) is 9.33. The average Bonchev–Trinajstić information content (AvgIpc) is 2.83. The first-order valence-electron chi connectivity index (χ1n) is 12.4. The van der Waals surface area contributed by atoms with E-state index in [0.29, 0.717) is 49.2 Å². The van der Waals surface area contributed by atoms with Crippen LogP contribution < -0.4 is 14.8 Å². The van der Waals surface area contributed by atoms with Crippen molar-refractivity contribution in [2.45, 2.75) is 46.5 Å². The summed E-state index contributed by atoms with van der Waals surface area (Å²) in [4.78, 5) is 37.3. The van der Waals surface area contributed by atoms with Crippen molar-refractivity contribution in [3.05, 3.63) is 59.7 Å². The van der Waals surface area contributed by atoms with Gasteiger partial charge in [0.1, 0.15) is 11.5 Å². The number of piperidine rings is 1. The van der Waals surface area contributed by atoms with Gasteiger partial charge in [0, 0.05) is 25.2 Å². The molecule has 0 bridgehead atoms. The molecule has 1 fully saturated rings. The summed E-state index contributed by atoms with van der Waals surface area (Å²) < 4.78 is 11.4. The third-order valence-electron chi connectivity index (χ3n) is 6.12. The minimum absolute atomic E-state index is 0.00796. The summed E-state index contributed by atoms with van der Waals surface area (Å²) in [7, 11) is 0.